The van der Waals surface area contributed by atoms with Crippen molar-refractivity contribution >= 4 is 21.9 Å². The molecule has 0 atom stereocenters. The standard InChI is InChI=1S/C17H9N2O2.C11H8N.Ir/c20-16-12-5-3-4-11(14-6-1-2-8-19-14)17(12)21-15-7-9-18-10-13(15)16;1-2-6-10(7-3-1)11-8-4-5-9-12-11;/h1-3,5-10H;1-6,8-9H;/q2*-1;. The number of benzene rings is 2. The van der Waals surface area contributed by atoms with Crippen LogP contribution >= 0.6 is 0 Å². The third-order valence-corrected chi connectivity index (χ3v) is 5.00. The van der Waals surface area contributed by atoms with Crippen LogP contribution in [-0.4, -0.2) is 15.0 Å². The van der Waals surface area contributed by atoms with E-state index in [0.717, 1.165) is 17.0 Å². The fraction of sp³-hybridized carbons (Fsp3) is 0. The van der Waals surface area contributed by atoms with E-state index < -0.39 is 0 Å². The molecule has 0 unspecified atom stereocenters. The molecule has 1 radical (unpaired) electrons. The molecule has 4 heterocycles. The monoisotopic (exact) mass is 620 g/mol. The predicted molar refractivity (Wildman–Crippen MR) is 128 cm³/mol. The average Bonchev–Trinajstić information content (AvgIpc) is 2.91. The van der Waals surface area contributed by atoms with Gasteiger partial charge in [0.1, 0.15) is 5.58 Å². The van der Waals surface area contributed by atoms with Crippen LogP contribution in [0.4, 0.5) is 0 Å². The summed E-state index contributed by atoms with van der Waals surface area (Å²) in [7, 11) is 0. The van der Waals surface area contributed by atoms with Crippen LogP contribution in [0.1, 0.15) is 0 Å². The molecule has 0 saturated heterocycles. The summed E-state index contributed by atoms with van der Waals surface area (Å²) in [6.45, 7) is 0. The number of hydrogen-bond acceptors (Lipinski definition) is 5. The fourth-order valence-corrected chi connectivity index (χ4v) is 3.44. The molecule has 0 fully saturated rings. The van der Waals surface area contributed by atoms with Crippen LogP contribution in [0.15, 0.2) is 113 Å². The van der Waals surface area contributed by atoms with Gasteiger partial charge in [0.2, 0.25) is 0 Å². The number of pyridine rings is 3. The van der Waals surface area contributed by atoms with Gasteiger partial charge in [-0.3, -0.25) is 9.78 Å². The van der Waals surface area contributed by atoms with Crippen LogP contribution < -0.4 is 5.43 Å². The Kier molecular flexibility index (Phi) is 7.33. The molecule has 0 spiro atoms. The second kappa shape index (κ2) is 10.8. The van der Waals surface area contributed by atoms with Gasteiger partial charge in [-0.05, 0) is 35.0 Å². The zero-order valence-corrected chi connectivity index (χ0v) is 20.2. The Hall–Kier alpha value is -3.99. The second-order valence-corrected chi connectivity index (χ2v) is 7.10. The normalized spacial score (nSPS) is 10.2. The Balaban J connectivity index is 0.000000180. The maximum atomic E-state index is 12.5. The van der Waals surface area contributed by atoms with Gasteiger partial charge in [0.05, 0.1) is 11.0 Å². The summed E-state index contributed by atoms with van der Waals surface area (Å²) in [5, 5.41) is 0.984. The van der Waals surface area contributed by atoms with Crippen molar-refractivity contribution in [3.63, 3.8) is 0 Å². The number of fused-ring (bicyclic) bond motifs is 2. The predicted octanol–water partition coefficient (Wildman–Crippen LogP) is 5.75. The maximum absolute atomic E-state index is 12.5. The van der Waals surface area contributed by atoms with Crippen molar-refractivity contribution in [1.29, 1.82) is 0 Å². The smallest absolute Gasteiger partial charge is 0.183 e. The first-order valence-corrected chi connectivity index (χ1v) is 10.3. The summed E-state index contributed by atoms with van der Waals surface area (Å²) in [5.41, 5.74) is 4.34. The quantitative estimate of drug-likeness (QED) is 0.183. The van der Waals surface area contributed by atoms with Gasteiger partial charge in [-0.2, -0.15) is 0 Å². The van der Waals surface area contributed by atoms with Gasteiger partial charge in [-0.15, -0.1) is 54.1 Å². The van der Waals surface area contributed by atoms with Crippen molar-refractivity contribution in [3.8, 4) is 22.5 Å². The maximum Gasteiger partial charge on any atom is 0.183 e. The molecule has 5 nitrogen and oxygen atoms in total. The molecule has 0 aliphatic carbocycles. The topological polar surface area (TPSA) is 68.9 Å². The van der Waals surface area contributed by atoms with Gasteiger partial charge in [0, 0.05) is 44.9 Å². The molecule has 6 rings (SSSR count). The van der Waals surface area contributed by atoms with E-state index in [2.05, 4.69) is 27.1 Å². The van der Waals surface area contributed by atoms with Gasteiger partial charge in [-0.1, -0.05) is 29.8 Å². The van der Waals surface area contributed by atoms with Gasteiger partial charge in [0.25, 0.3) is 0 Å². The summed E-state index contributed by atoms with van der Waals surface area (Å²) in [5.74, 6) is 0. The van der Waals surface area contributed by atoms with Crippen LogP contribution in [-0.2, 0) is 20.1 Å². The third-order valence-electron chi connectivity index (χ3n) is 5.00. The summed E-state index contributed by atoms with van der Waals surface area (Å²) >= 11 is 0. The van der Waals surface area contributed by atoms with Crippen LogP contribution in [0.25, 0.3) is 44.5 Å². The second-order valence-electron chi connectivity index (χ2n) is 7.10. The summed E-state index contributed by atoms with van der Waals surface area (Å²) in [4.78, 5) is 25.0. The van der Waals surface area contributed by atoms with Crippen molar-refractivity contribution in [2.45, 2.75) is 0 Å². The zero-order valence-electron chi connectivity index (χ0n) is 17.8. The van der Waals surface area contributed by atoms with Crippen molar-refractivity contribution < 1.29 is 24.5 Å². The first-order chi connectivity index (χ1) is 16.3. The van der Waals surface area contributed by atoms with Crippen molar-refractivity contribution in [2.24, 2.45) is 0 Å². The van der Waals surface area contributed by atoms with Crippen molar-refractivity contribution in [3.05, 3.63) is 126 Å². The van der Waals surface area contributed by atoms with Gasteiger partial charge >= 0.3 is 0 Å². The van der Waals surface area contributed by atoms with E-state index >= 15 is 0 Å². The minimum atomic E-state index is -0.0921. The van der Waals surface area contributed by atoms with Crippen LogP contribution in [0.2, 0.25) is 0 Å². The molecule has 0 aliphatic rings. The summed E-state index contributed by atoms with van der Waals surface area (Å²) in [6, 6.07) is 30.6. The van der Waals surface area contributed by atoms with Gasteiger partial charge in [-0.25, -0.2) is 0 Å². The average molecular weight is 620 g/mol. The molecule has 167 valence electrons. The van der Waals surface area contributed by atoms with E-state index in [1.165, 1.54) is 6.20 Å². The number of rotatable bonds is 2. The number of hydrogen-bond donors (Lipinski definition) is 0. The number of nitrogens with zero attached hydrogens (tertiary/aromatic N) is 3. The molecule has 0 saturated carbocycles. The molecule has 0 N–H and O–H groups in total. The Bertz CT molecular complexity index is 1530. The van der Waals surface area contributed by atoms with Crippen LogP contribution in [0.5, 0.6) is 0 Å². The zero-order chi connectivity index (χ0) is 22.5. The Morgan fingerprint density at radius 2 is 1.47 bits per heavy atom. The van der Waals surface area contributed by atoms with Crippen LogP contribution in [0.3, 0.4) is 0 Å². The summed E-state index contributed by atoms with van der Waals surface area (Å²) in [6.07, 6.45) is 6.61. The Morgan fingerprint density at radius 3 is 2.18 bits per heavy atom. The molecule has 2 aromatic carbocycles. The van der Waals surface area contributed by atoms with Crippen molar-refractivity contribution in [1.82, 2.24) is 15.0 Å². The van der Waals surface area contributed by atoms with E-state index in [4.69, 9.17) is 4.42 Å². The molecular weight excluding hydrogens is 603 g/mol. The third kappa shape index (κ3) is 4.83. The fourth-order valence-electron chi connectivity index (χ4n) is 3.44. The van der Waals surface area contributed by atoms with E-state index in [-0.39, 0.29) is 25.5 Å². The number of aromatic nitrogens is 3. The molecule has 0 bridgehead atoms. The van der Waals surface area contributed by atoms with E-state index in [0.29, 0.717) is 27.5 Å². The largest absolute Gasteiger partial charge is 0.500 e. The molecule has 34 heavy (non-hydrogen) atoms. The molecule has 0 aliphatic heterocycles. The molecule has 4 aromatic heterocycles. The first kappa shape index (κ1) is 23.2. The van der Waals surface area contributed by atoms with E-state index in [9.17, 15) is 4.79 Å². The van der Waals surface area contributed by atoms with E-state index in [1.807, 2.05) is 60.7 Å². The Labute approximate surface area is 209 Å². The molecule has 6 aromatic rings. The van der Waals surface area contributed by atoms with Crippen LogP contribution in [0, 0.1) is 12.1 Å². The summed E-state index contributed by atoms with van der Waals surface area (Å²) < 4.78 is 5.90. The van der Waals surface area contributed by atoms with Gasteiger partial charge < -0.3 is 14.4 Å². The Morgan fingerprint density at radius 1 is 0.706 bits per heavy atom. The SMILES string of the molecule is O=c1c2cnccc2oc2c(-c3ccccn3)[c-]ccc12.[Ir].[c-]1ccccc1-c1ccccn1. The minimum absolute atomic E-state index is 0. The van der Waals surface area contributed by atoms with Gasteiger partial charge in [0.15, 0.2) is 5.43 Å². The molecule has 0 amide bonds. The van der Waals surface area contributed by atoms with Crippen molar-refractivity contribution in [2.75, 3.05) is 0 Å². The molecule has 6 heteroatoms. The molecular formula is C28H17IrN3O2-2. The van der Waals surface area contributed by atoms with E-state index in [1.54, 1.807) is 36.8 Å². The first-order valence-electron chi connectivity index (χ1n) is 10.3. The minimum Gasteiger partial charge on any atom is -0.500 e.